The molecule has 2 atom stereocenters. The molecule has 2 amide bonds. The number of carboxylic acids is 1. The lowest BCUT2D eigenvalue weighted by Gasteiger charge is -2.38. The molecule has 0 saturated carbocycles. The van der Waals surface area contributed by atoms with E-state index in [1.54, 1.807) is 0 Å². The van der Waals surface area contributed by atoms with Crippen LogP contribution < -0.4 is 0 Å². The van der Waals surface area contributed by atoms with E-state index in [0.29, 0.717) is 17.7 Å². The van der Waals surface area contributed by atoms with Crippen molar-refractivity contribution in [2.75, 3.05) is 12.4 Å². The Kier molecular flexibility index (Phi) is 15.5. The largest absolute Gasteiger partial charge is 0.479 e. The van der Waals surface area contributed by atoms with Crippen LogP contribution in [-0.2, 0) is 19.2 Å². The van der Waals surface area contributed by atoms with E-state index < -0.39 is 47.6 Å². The Balaban J connectivity index is 5.76. The van der Waals surface area contributed by atoms with Crippen molar-refractivity contribution in [2.45, 2.75) is 103 Å². The first-order valence-corrected chi connectivity index (χ1v) is 11.9. The summed E-state index contributed by atoms with van der Waals surface area (Å²) in [6.07, 6.45) is 6.06. The van der Waals surface area contributed by atoms with Gasteiger partial charge >= 0.3 is 5.97 Å². The first kappa shape index (κ1) is 29.5. The molecule has 180 valence electrons. The highest BCUT2D eigenvalue weighted by Gasteiger charge is 2.56. The fraction of sp³-hybridized carbons (Fsp3) is 0.818. The Morgan fingerprint density at radius 3 is 1.58 bits per heavy atom. The number of carboxylic acid groups (broad SMARTS) is 1. The molecule has 0 aliphatic heterocycles. The quantitative estimate of drug-likeness (QED) is 0.140. The second-order valence-electron chi connectivity index (χ2n) is 7.84. The standard InChI is InChI=1S/C22H39NO7S/c1-3-5-7-9-11-13-18(26)23(19(27)14-12-10-8-6-4-2)22(16-31,21(29)30)20(28)17(25)15-24/h17,24-25,31H,3-16H2,1-2H3,(H,29,30)/t17-,22?/m0/s1. The topological polar surface area (TPSA) is 132 Å². The van der Waals surface area contributed by atoms with E-state index in [1.165, 1.54) is 0 Å². The molecule has 0 heterocycles. The molecule has 0 radical (unpaired) electrons. The van der Waals surface area contributed by atoms with Crippen molar-refractivity contribution >= 4 is 36.2 Å². The molecule has 9 heteroatoms. The van der Waals surface area contributed by atoms with Gasteiger partial charge in [-0.05, 0) is 12.8 Å². The van der Waals surface area contributed by atoms with Gasteiger partial charge in [-0.2, -0.15) is 12.6 Å². The number of unbranched alkanes of at least 4 members (excludes halogenated alkanes) is 8. The van der Waals surface area contributed by atoms with E-state index in [4.69, 9.17) is 0 Å². The van der Waals surface area contributed by atoms with Gasteiger partial charge in [0.25, 0.3) is 0 Å². The van der Waals surface area contributed by atoms with E-state index >= 15 is 0 Å². The lowest BCUT2D eigenvalue weighted by atomic mass is 9.89. The fourth-order valence-electron chi connectivity index (χ4n) is 3.43. The van der Waals surface area contributed by atoms with Gasteiger partial charge in [-0.15, -0.1) is 0 Å². The number of aliphatic hydroxyl groups is 2. The highest BCUT2D eigenvalue weighted by atomic mass is 32.1. The number of ketones is 1. The van der Waals surface area contributed by atoms with Crippen LogP contribution in [0.5, 0.6) is 0 Å². The van der Waals surface area contributed by atoms with Crippen LogP contribution >= 0.6 is 12.6 Å². The van der Waals surface area contributed by atoms with E-state index in [-0.39, 0.29) is 12.8 Å². The summed E-state index contributed by atoms with van der Waals surface area (Å²) < 4.78 is 0. The van der Waals surface area contributed by atoms with Gasteiger partial charge in [-0.1, -0.05) is 65.2 Å². The van der Waals surface area contributed by atoms with Crippen LogP contribution in [0.25, 0.3) is 0 Å². The van der Waals surface area contributed by atoms with Crippen LogP contribution in [0.1, 0.15) is 90.9 Å². The maximum atomic E-state index is 13.0. The zero-order chi connectivity index (χ0) is 23.9. The predicted molar refractivity (Wildman–Crippen MR) is 121 cm³/mol. The van der Waals surface area contributed by atoms with Crippen LogP contribution in [-0.4, -0.2) is 67.8 Å². The molecular weight excluding hydrogens is 422 g/mol. The van der Waals surface area contributed by atoms with Crippen molar-refractivity contribution in [1.82, 2.24) is 4.90 Å². The first-order valence-electron chi connectivity index (χ1n) is 11.3. The third-order valence-corrected chi connectivity index (χ3v) is 5.79. The third kappa shape index (κ3) is 8.90. The van der Waals surface area contributed by atoms with E-state index in [9.17, 15) is 34.5 Å². The summed E-state index contributed by atoms with van der Waals surface area (Å²) >= 11 is 3.98. The number of aliphatic carboxylic acids is 1. The molecule has 0 bridgehead atoms. The first-order chi connectivity index (χ1) is 14.7. The highest BCUT2D eigenvalue weighted by Crippen LogP contribution is 2.26. The smallest absolute Gasteiger partial charge is 0.338 e. The number of thiol groups is 1. The molecule has 0 aromatic heterocycles. The molecular formula is C22H39NO7S. The van der Waals surface area contributed by atoms with Gasteiger partial charge in [0.15, 0.2) is 0 Å². The Morgan fingerprint density at radius 1 is 0.839 bits per heavy atom. The summed E-state index contributed by atoms with van der Waals surface area (Å²) in [5.41, 5.74) is -2.66. The molecule has 1 unspecified atom stereocenters. The number of hydrogen-bond acceptors (Lipinski definition) is 7. The second kappa shape index (κ2) is 16.2. The number of nitrogens with zero attached hydrogens (tertiary/aromatic N) is 1. The van der Waals surface area contributed by atoms with Gasteiger partial charge in [-0.3, -0.25) is 19.3 Å². The van der Waals surface area contributed by atoms with Crippen molar-refractivity contribution in [3.63, 3.8) is 0 Å². The normalized spacial score (nSPS) is 14.0. The van der Waals surface area contributed by atoms with Crippen LogP contribution in [0.2, 0.25) is 0 Å². The van der Waals surface area contributed by atoms with E-state index in [0.717, 1.165) is 51.4 Å². The van der Waals surface area contributed by atoms with Crippen LogP contribution in [0.15, 0.2) is 0 Å². The minimum atomic E-state index is -2.66. The molecule has 0 spiro atoms. The number of hydrogen-bond donors (Lipinski definition) is 4. The van der Waals surface area contributed by atoms with Crippen LogP contribution in [0.4, 0.5) is 0 Å². The molecule has 0 aliphatic carbocycles. The molecule has 0 saturated heterocycles. The number of carbonyl (C=O) groups is 4. The van der Waals surface area contributed by atoms with E-state index in [2.05, 4.69) is 26.5 Å². The minimum absolute atomic E-state index is 0.0867. The summed E-state index contributed by atoms with van der Waals surface area (Å²) in [5, 5.41) is 28.9. The number of imide groups is 1. The Morgan fingerprint density at radius 2 is 1.26 bits per heavy atom. The summed E-state index contributed by atoms with van der Waals surface area (Å²) in [4.78, 5) is 51.4. The van der Waals surface area contributed by atoms with Gasteiger partial charge in [0.05, 0.1) is 6.61 Å². The monoisotopic (exact) mass is 461 g/mol. The van der Waals surface area contributed by atoms with Crippen molar-refractivity contribution < 1.29 is 34.5 Å². The average Bonchev–Trinajstić information content (AvgIpc) is 2.75. The number of carbonyl (C=O) groups excluding carboxylic acids is 3. The molecule has 0 aliphatic rings. The lowest BCUT2D eigenvalue weighted by Crippen LogP contribution is -2.67. The fourth-order valence-corrected chi connectivity index (χ4v) is 3.87. The molecule has 0 aromatic carbocycles. The zero-order valence-electron chi connectivity index (χ0n) is 18.8. The van der Waals surface area contributed by atoms with Crippen molar-refractivity contribution in [3.8, 4) is 0 Å². The number of Topliss-reactive ketones (excluding diaryl/α,β-unsaturated/α-hetero) is 1. The number of amides is 2. The molecule has 0 rings (SSSR count). The minimum Gasteiger partial charge on any atom is -0.479 e. The van der Waals surface area contributed by atoms with Gasteiger partial charge in [0.2, 0.25) is 23.1 Å². The van der Waals surface area contributed by atoms with Crippen LogP contribution in [0.3, 0.4) is 0 Å². The Labute approximate surface area is 190 Å². The summed E-state index contributed by atoms with van der Waals surface area (Å²) in [6.45, 7) is 3.09. The number of aliphatic hydroxyl groups excluding tert-OH is 2. The molecule has 31 heavy (non-hydrogen) atoms. The second-order valence-corrected chi connectivity index (χ2v) is 8.15. The third-order valence-electron chi connectivity index (χ3n) is 5.33. The van der Waals surface area contributed by atoms with E-state index in [1.807, 2.05) is 0 Å². The number of rotatable bonds is 18. The molecule has 0 fully saturated rings. The van der Waals surface area contributed by atoms with Crippen LogP contribution in [0, 0.1) is 0 Å². The van der Waals surface area contributed by atoms with Crippen molar-refractivity contribution in [2.24, 2.45) is 0 Å². The lowest BCUT2D eigenvalue weighted by molar-refractivity contribution is -0.172. The maximum Gasteiger partial charge on any atom is 0.338 e. The molecule has 0 aromatic rings. The van der Waals surface area contributed by atoms with Gasteiger partial charge < -0.3 is 15.3 Å². The molecule has 3 N–H and O–H groups in total. The molecule has 8 nitrogen and oxygen atoms in total. The van der Waals surface area contributed by atoms with Gasteiger partial charge in [0.1, 0.15) is 6.10 Å². The predicted octanol–water partition coefficient (Wildman–Crippen LogP) is 2.74. The van der Waals surface area contributed by atoms with Gasteiger partial charge in [0, 0.05) is 18.6 Å². The zero-order valence-corrected chi connectivity index (χ0v) is 19.7. The van der Waals surface area contributed by atoms with Crippen molar-refractivity contribution in [3.05, 3.63) is 0 Å². The Hall–Kier alpha value is -1.45. The Bertz CT molecular complexity index is 558. The highest BCUT2D eigenvalue weighted by molar-refractivity contribution is 7.80. The summed E-state index contributed by atoms with van der Waals surface area (Å²) in [7, 11) is 0. The summed E-state index contributed by atoms with van der Waals surface area (Å²) in [6, 6.07) is 0. The SMILES string of the molecule is CCCCCCCC(=O)N(C(=O)CCCCCCC)C(CS)(C(=O)O)C(=O)[C@@H](O)CO. The van der Waals surface area contributed by atoms with Gasteiger partial charge in [-0.25, -0.2) is 4.79 Å². The van der Waals surface area contributed by atoms with Crippen molar-refractivity contribution in [1.29, 1.82) is 0 Å². The maximum absolute atomic E-state index is 13.0. The summed E-state index contributed by atoms with van der Waals surface area (Å²) in [5.74, 6) is -5.31. The average molecular weight is 462 g/mol.